The van der Waals surface area contributed by atoms with Crippen molar-refractivity contribution in [2.24, 2.45) is 0 Å². The molecule has 1 aliphatic heterocycles. The van der Waals surface area contributed by atoms with Gasteiger partial charge in [-0.1, -0.05) is 18.2 Å². The zero-order chi connectivity index (χ0) is 14.5. The molecule has 0 saturated heterocycles. The van der Waals surface area contributed by atoms with Crippen molar-refractivity contribution in [3.05, 3.63) is 54.6 Å². The molecule has 4 heteroatoms. The summed E-state index contributed by atoms with van der Waals surface area (Å²) in [5.41, 5.74) is 1.84. The number of fused-ring (bicyclic) bond motifs is 1. The molecule has 106 valence electrons. The lowest BCUT2D eigenvalue weighted by Gasteiger charge is -2.27. The zero-order valence-corrected chi connectivity index (χ0v) is 11.4. The van der Waals surface area contributed by atoms with Gasteiger partial charge < -0.3 is 9.84 Å². The van der Waals surface area contributed by atoms with E-state index in [0.717, 1.165) is 23.3 Å². The average Bonchev–Trinajstić information content (AvgIpc) is 2.86. The molecular weight excluding hydrogens is 254 g/mol. The van der Waals surface area contributed by atoms with Crippen molar-refractivity contribution in [1.82, 2.24) is 4.90 Å². The first-order valence-electron chi connectivity index (χ1n) is 6.61. The van der Waals surface area contributed by atoms with Gasteiger partial charge in [-0.15, -0.1) is 13.2 Å². The molecule has 1 heterocycles. The molecule has 20 heavy (non-hydrogen) atoms. The normalized spacial score (nSPS) is 14.4. The number of benzene rings is 1. The maximum atomic E-state index is 11.6. The molecule has 1 aromatic carbocycles. The van der Waals surface area contributed by atoms with E-state index in [0.29, 0.717) is 19.7 Å². The highest BCUT2D eigenvalue weighted by Crippen LogP contribution is 2.30. The van der Waals surface area contributed by atoms with Gasteiger partial charge in [0, 0.05) is 19.5 Å². The summed E-state index contributed by atoms with van der Waals surface area (Å²) in [6.07, 6.45) is 4.24. The minimum absolute atomic E-state index is 0.497. The predicted molar refractivity (Wildman–Crippen MR) is 78.0 cm³/mol. The second-order valence-electron chi connectivity index (χ2n) is 4.74. The smallest absolute Gasteiger partial charge is 0.325 e. The van der Waals surface area contributed by atoms with E-state index in [9.17, 15) is 9.90 Å². The van der Waals surface area contributed by atoms with Gasteiger partial charge in [-0.05, 0) is 23.3 Å². The second-order valence-corrected chi connectivity index (χ2v) is 4.74. The minimum atomic E-state index is -0.868. The van der Waals surface area contributed by atoms with Crippen LogP contribution >= 0.6 is 0 Å². The van der Waals surface area contributed by atoms with E-state index in [1.807, 2.05) is 23.1 Å². The number of aliphatic carboxylic acids is 1. The van der Waals surface area contributed by atoms with Crippen LogP contribution in [0.4, 0.5) is 0 Å². The first-order chi connectivity index (χ1) is 9.67. The van der Waals surface area contributed by atoms with Gasteiger partial charge in [-0.25, -0.2) is 0 Å². The third-order valence-electron chi connectivity index (χ3n) is 3.36. The van der Waals surface area contributed by atoms with Gasteiger partial charge in [0.15, 0.2) is 0 Å². The highest BCUT2D eigenvalue weighted by molar-refractivity contribution is 5.76. The Kier molecular flexibility index (Phi) is 4.58. The number of nitrogens with zero attached hydrogens (tertiary/aromatic N) is 1. The van der Waals surface area contributed by atoms with Gasteiger partial charge in [-0.2, -0.15) is 0 Å². The Morgan fingerprint density at radius 2 is 2.10 bits per heavy atom. The fraction of sp³-hybridized carbons (Fsp3) is 0.312. The lowest BCUT2D eigenvalue weighted by atomic mass is 10.0. The van der Waals surface area contributed by atoms with Crippen molar-refractivity contribution in [1.29, 1.82) is 0 Å². The summed E-state index contributed by atoms with van der Waals surface area (Å²) >= 11 is 0. The molecule has 0 bridgehead atoms. The average molecular weight is 273 g/mol. The van der Waals surface area contributed by atoms with Crippen LogP contribution in [-0.2, 0) is 11.2 Å². The Morgan fingerprint density at radius 3 is 2.70 bits per heavy atom. The Balaban J connectivity index is 2.34. The Labute approximate surface area is 119 Å². The summed E-state index contributed by atoms with van der Waals surface area (Å²) in [7, 11) is 0. The van der Waals surface area contributed by atoms with Gasteiger partial charge in [0.05, 0.1) is 6.61 Å². The molecule has 0 fully saturated rings. The van der Waals surface area contributed by atoms with Crippen LogP contribution < -0.4 is 4.74 Å². The molecule has 1 aliphatic rings. The number of hydrogen-bond acceptors (Lipinski definition) is 3. The Bertz CT molecular complexity index is 514. The third-order valence-corrected chi connectivity index (χ3v) is 3.36. The van der Waals surface area contributed by atoms with Crippen molar-refractivity contribution in [3.8, 4) is 5.75 Å². The maximum Gasteiger partial charge on any atom is 0.325 e. The van der Waals surface area contributed by atoms with Crippen molar-refractivity contribution in [3.63, 3.8) is 0 Å². The topological polar surface area (TPSA) is 49.8 Å². The summed E-state index contributed by atoms with van der Waals surface area (Å²) in [5, 5.41) is 9.56. The second kappa shape index (κ2) is 6.39. The Hall–Kier alpha value is -2.07. The lowest BCUT2D eigenvalue weighted by Crippen LogP contribution is -2.34. The van der Waals surface area contributed by atoms with Gasteiger partial charge in [0.25, 0.3) is 0 Å². The summed E-state index contributed by atoms with van der Waals surface area (Å²) in [6, 6.07) is 4.91. The van der Waals surface area contributed by atoms with Crippen LogP contribution in [0.5, 0.6) is 5.75 Å². The molecule has 0 saturated carbocycles. The lowest BCUT2D eigenvalue weighted by molar-refractivity contribution is -0.143. The van der Waals surface area contributed by atoms with Crippen LogP contribution in [0.25, 0.3) is 0 Å². The standard InChI is InChI=1S/C16H19NO3/c1-3-8-17(9-4-2)15(16(18)19)13-5-6-14-12(11-13)7-10-20-14/h3-6,11,15H,1-2,7-10H2,(H,18,19). The molecule has 1 aromatic rings. The fourth-order valence-electron chi connectivity index (χ4n) is 2.50. The summed E-state index contributed by atoms with van der Waals surface area (Å²) in [4.78, 5) is 13.5. The number of carboxylic acids is 1. The summed E-state index contributed by atoms with van der Waals surface area (Å²) < 4.78 is 5.46. The van der Waals surface area contributed by atoms with Crippen LogP contribution in [0.2, 0.25) is 0 Å². The van der Waals surface area contributed by atoms with Crippen LogP contribution in [-0.4, -0.2) is 35.7 Å². The molecule has 1 atom stereocenters. The molecular formula is C16H19NO3. The number of carbonyl (C=O) groups is 1. The largest absolute Gasteiger partial charge is 0.493 e. The van der Waals surface area contributed by atoms with Crippen molar-refractivity contribution in [2.45, 2.75) is 12.5 Å². The number of rotatable bonds is 7. The predicted octanol–water partition coefficient (Wildman–Crippen LogP) is 2.42. The Morgan fingerprint density at radius 1 is 1.40 bits per heavy atom. The van der Waals surface area contributed by atoms with Gasteiger partial charge in [0.2, 0.25) is 0 Å². The molecule has 0 amide bonds. The molecule has 4 nitrogen and oxygen atoms in total. The molecule has 0 radical (unpaired) electrons. The molecule has 0 spiro atoms. The van der Waals surface area contributed by atoms with E-state index in [1.54, 1.807) is 12.2 Å². The number of hydrogen-bond donors (Lipinski definition) is 1. The molecule has 0 aromatic heterocycles. The molecule has 2 rings (SSSR count). The van der Waals surface area contributed by atoms with Crippen LogP contribution in [0.1, 0.15) is 17.2 Å². The van der Waals surface area contributed by atoms with Crippen LogP contribution in [0.3, 0.4) is 0 Å². The maximum absolute atomic E-state index is 11.6. The zero-order valence-electron chi connectivity index (χ0n) is 11.4. The van der Waals surface area contributed by atoms with Crippen LogP contribution in [0, 0.1) is 0 Å². The van der Waals surface area contributed by atoms with E-state index in [4.69, 9.17) is 4.74 Å². The number of ether oxygens (including phenoxy) is 1. The van der Waals surface area contributed by atoms with Crippen molar-refractivity contribution < 1.29 is 14.6 Å². The number of carboxylic acid groups (broad SMARTS) is 1. The monoisotopic (exact) mass is 273 g/mol. The molecule has 1 unspecified atom stereocenters. The van der Waals surface area contributed by atoms with Gasteiger partial charge in [-0.3, -0.25) is 9.69 Å². The van der Waals surface area contributed by atoms with Gasteiger partial charge >= 0.3 is 5.97 Å². The molecule has 1 N–H and O–H groups in total. The first kappa shape index (κ1) is 14.3. The fourth-order valence-corrected chi connectivity index (χ4v) is 2.50. The summed E-state index contributed by atoms with van der Waals surface area (Å²) in [6.45, 7) is 9.03. The minimum Gasteiger partial charge on any atom is -0.493 e. The highest BCUT2D eigenvalue weighted by Gasteiger charge is 2.27. The first-order valence-corrected chi connectivity index (χ1v) is 6.61. The third kappa shape index (κ3) is 2.91. The van der Waals surface area contributed by atoms with Crippen molar-refractivity contribution in [2.75, 3.05) is 19.7 Å². The molecule has 0 aliphatic carbocycles. The quantitative estimate of drug-likeness (QED) is 0.775. The summed E-state index contributed by atoms with van der Waals surface area (Å²) in [5.74, 6) is -0.00977. The SMILES string of the molecule is C=CCN(CC=C)C(C(=O)O)c1ccc2c(c1)CCO2. The van der Waals surface area contributed by atoms with E-state index in [2.05, 4.69) is 13.2 Å². The van der Waals surface area contributed by atoms with E-state index in [-0.39, 0.29) is 0 Å². The van der Waals surface area contributed by atoms with Gasteiger partial charge in [0.1, 0.15) is 11.8 Å². The van der Waals surface area contributed by atoms with E-state index >= 15 is 0 Å². The highest BCUT2D eigenvalue weighted by atomic mass is 16.5. The van der Waals surface area contributed by atoms with E-state index < -0.39 is 12.0 Å². The van der Waals surface area contributed by atoms with Crippen molar-refractivity contribution >= 4 is 5.97 Å². The van der Waals surface area contributed by atoms with E-state index in [1.165, 1.54) is 0 Å². The van der Waals surface area contributed by atoms with Crippen LogP contribution in [0.15, 0.2) is 43.5 Å².